The van der Waals surface area contributed by atoms with Crippen LogP contribution in [0.5, 0.6) is 0 Å². The molecule has 0 bridgehead atoms. The van der Waals surface area contributed by atoms with Crippen LogP contribution in [-0.2, 0) is 4.79 Å². The molecular formula is C19H23NO. The molecule has 0 radical (unpaired) electrons. The third kappa shape index (κ3) is 3.94. The fourth-order valence-corrected chi connectivity index (χ4v) is 2.44. The summed E-state index contributed by atoms with van der Waals surface area (Å²) < 4.78 is 0. The number of hydrogen-bond acceptors (Lipinski definition) is 1. The van der Waals surface area contributed by atoms with Crippen LogP contribution >= 0.6 is 0 Å². The highest BCUT2D eigenvalue weighted by molar-refractivity contribution is 5.95. The minimum absolute atomic E-state index is 0.0565. The molecule has 0 saturated carbocycles. The van der Waals surface area contributed by atoms with Gasteiger partial charge in [0.2, 0.25) is 5.91 Å². The zero-order valence-corrected chi connectivity index (χ0v) is 13.0. The zero-order valence-electron chi connectivity index (χ0n) is 13.0. The summed E-state index contributed by atoms with van der Waals surface area (Å²) in [6.07, 6.45) is 0.792. The third-order valence-corrected chi connectivity index (χ3v) is 3.77. The van der Waals surface area contributed by atoms with Crippen LogP contribution < -0.4 is 5.32 Å². The molecule has 0 aromatic heterocycles. The van der Waals surface area contributed by atoms with E-state index in [9.17, 15) is 4.79 Å². The van der Waals surface area contributed by atoms with E-state index in [0.717, 1.165) is 17.7 Å². The highest BCUT2D eigenvalue weighted by Crippen LogP contribution is 2.22. The quantitative estimate of drug-likeness (QED) is 0.826. The molecule has 110 valence electrons. The van der Waals surface area contributed by atoms with Gasteiger partial charge in [-0.15, -0.1) is 0 Å². The summed E-state index contributed by atoms with van der Waals surface area (Å²) in [7, 11) is 0. The molecule has 0 aliphatic carbocycles. The normalized spacial score (nSPS) is 12.2. The summed E-state index contributed by atoms with van der Waals surface area (Å²) in [4.78, 5) is 12.5. The van der Waals surface area contributed by atoms with Gasteiger partial charge in [0.1, 0.15) is 0 Å². The van der Waals surface area contributed by atoms with Crippen molar-refractivity contribution in [3.05, 3.63) is 65.7 Å². The van der Waals surface area contributed by atoms with Crippen molar-refractivity contribution in [2.24, 2.45) is 0 Å². The van der Waals surface area contributed by atoms with Crippen LogP contribution in [0.4, 0.5) is 5.69 Å². The van der Waals surface area contributed by atoms with Crippen LogP contribution in [0.25, 0.3) is 0 Å². The number of anilines is 1. The molecule has 0 unspecified atom stereocenters. The van der Waals surface area contributed by atoms with E-state index >= 15 is 0 Å². The van der Waals surface area contributed by atoms with Gasteiger partial charge in [-0.2, -0.15) is 0 Å². The number of benzene rings is 2. The average Bonchev–Trinajstić information content (AvgIpc) is 2.49. The summed E-state index contributed by atoms with van der Waals surface area (Å²) in [6, 6.07) is 18.0. The topological polar surface area (TPSA) is 29.1 Å². The first kappa shape index (κ1) is 15.3. The Morgan fingerprint density at radius 2 is 1.57 bits per heavy atom. The van der Waals surface area contributed by atoms with Gasteiger partial charge in [0.15, 0.2) is 0 Å². The maximum Gasteiger partial charge on any atom is 0.231 e. The molecule has 1 amide bonds. The lowest BCUT2D eigenvalue weighted by atomic mass is 9.95. The summed E-state index contributed by atoms with van der Waals surface area (Å²) in [6.45, 7) is 6.37. The maximum absolute atomic E-state index is 12.5. The molecule has 2 aromatic rings. The highest BCUT2D eigenvalue weighted by Gasteiger charge is 2.18. The molecule has 2 aromatic carbocycles. The molecule has 0 aliphatic heterocycles. The van der Waals surface area contributed by atoms with Gasteiger partial charge < -0.3 is 5.32 Å². The maximum atomic E-state index is 12.5. The van der Waals surface area contributed by atoms with Crippen LogP contribution in [0.2, 0.25) is 0 Å². The molecule has 2 rings (SSSR count). The van der Waals surface area contributed by atoms with Crippen LogP contribution in [0.15, 0.2) is 54.6 Å². The molecule has 0 aliphatic rings. The summed E-state index contributed by atoms with van der Waals surface area (Å²) in [5.74, 6) is 0.458. The van der Waals surface area contributed by atoms with Gasteiger partial charge in [0.25, 0.3) is 0 Å². The van der Waals surface area contributed by atoms with Gasteiger partial charge in [-0.25, -0.2) is 0 Å². The lowest BCUT2D eigenvalue weighted by molar-refractivity contribution is -0.117. The van der Waals surface area contributed by atoms with E-state index in [1.807, 2.05) is 49.4 Å². The Balaban J connectivity index is 2.09. The Kier molecular flexibility index (Phi) is 5.15. The number of carbonyl (C=O) groups is 1. The number of hydrogen-bond donors (Lipinski definition) is 1. The Morgan fingerprint density at radius 3 is 2.10 bits per heavy atom. The molecule has 0 fully saturated rings. The number of rotatable bonds is 5. The lowest BCUT2D eigenvalue weighted by Gasteiger charge is -2.16. The van der Waals surface area contributed by atoms with Gasteiger partial charge in [0, 0.05) is 5.69 Å². The van der Waals surface area contributed by atoms with E-state index in [2.05, 4.69) is 31.3 Å². The molecule has 2 heteroatoms. The molecule has 2 nitrogen and oxygen atoms in total. The second kappa shape index (κ2) is 7.07. The molecule has 0 heterocycles. The van der Waals surface area contributed by atoms with Gasteiger partial charge >= 0.3 is 0 Å². The van der Waals surface area contributed by atoms with E-state index in [1.165, 1.54) is 5.56 Å². The second-order valence-corrected chi connectivity index (χ2v) is 5.64. The van der Waals surface area contributed by atoms with Crippen molar-refractivity contribution in [1.82, 2.24) is 0 Å². The van der Waals surface area contributed by atoms with Crippen LogP contribution in [-0.4, -0.2) is 5.91 Å². The highest BCUT2D eigenvalue weighted by atomic mass is 16.1. The Bertz CT molecular complexity index is 572. The monoisotopic (exact) mass is 281 g/mol. The van der Waals surface area contributed by atoms with Crippen molar-refractivity contribution in [3.63, 3.8) is 0 Å². The molecule has 1 N–H and O–H groups in total. The lowest BCUT2D eigenvalue weighted by Crippen LogP contribution is -2.20. The smallest absolute Gasteiger partial charge is 0.231 e. The summed E-state index contributed by atoms with van der Waals surface area (Å²) in [5.41, 5.74) is 3.21. The first-order valence-electron chi connectivity index (χ1n) is 7.57. The van der Waals surface area contributed by atoms with Crippen molar-refractivity contribution in [3.8, 4) is 0 Å². The van der Waals surface area contributed by atoms with Crippen LogP contribution in [0.3, 0.4) is 0 Å². The van der Waals surface area contributed by atoms with Gasteiger partial charge in [-0.1, -0.05) is 63.2 Å². The van der Waals surface area contributed by atoms with Crippen molar-refractivity contribution in [2.45, 2.75) is 39.0 Å². The van der Waals surface area contributed by atoms with E-state index in [0.29, 0.717) is 5.92 Å². The molecule has 1 atom stereocenters. The summed E-state index contributed by atoms with van der Waals surface area (Å²) in [5, 5.41) is 3.02. The van der Waals surface area contributed by atoms with Crippen molar-refractivity contribution in [1.29, 1.82) is 0 Å². The van der Waals surface area contributed by atoms with Crippen molar-refractivity contribution < 1.29 is 4.79 Å². The van der Waals surface area contributed by atoms with Crippen LogP contribution in [0, 0.1) is 0 Å². The van der Waals surface area contributed by atoms with E-state index in [4.69, 9.17) is 0 Å². The van der Waals surface area contributed by atoms with Gasteiger partial charge in [-0.3, -0.25) is 4.79 Å². The molecule has 21 heavy (non-hydrogen) atoms. The number of carbonyl (C=O) groups excluding carboxylic acids is 1. The predicted octanol–water partition coefficient (Wildman–Crippen LogP) is 4.94. The largest absolute Gasteiger partial charge is 0.326 e. The van der Waals surface area contributed by atoms with E-state index in [-0.39, 0.29) is 11.8 Å². The first-order chi connectivity index (χ1) is 10.1. The van der Waals surface area contributed by atoms with Crippen molar-refractivity contribution >= 4 is 11.6 Å². The fourth-order valence-electron chi connectivity index (χ4n) is 2.44. The molecular weight excluding hydrogens is 258 g/mol. The van der Waals surface area contributed by atoms with Gasteiger partial charge in [-0.05, 0) is 35.6 Å². The zero-order chi connectivity index (χ0) is 15.2. The standard InChI is InChI=1S/C19H23NO/c1-4-18(16-8-6-5-7-9-16)19(21)20-17-12-10-15(11-13-17)14(2)3/h5-14,18H,4H2,1-3H3,(H,20,21)/t18-/m1/s1. The average molecular weight is 281 g/mol. The first-order valence-corrected chi connectivity index (χ1v) is 7.57. The number of nitrogens with one attached hydrogen (secondary N) is 1. The number of amides is 1. The third-order valence-electron chi connectivity index (χ3n) is 3.77. The van der Waals surface area contributed by atoms with E-state index < -0.39 is 0 Å². The molecule has 0 saturated heterocycles. The minimum Gasteiger partial charge on any atom is -0.326 e. The van der Waals surface area contributed by atoms with Crippen LogP contribution in [0.1, 0.15) is 50.2 Å². The minimum atomic E-state index is -0.101. The Morgan fingerprint density at radius 1 is 0.952 bits per heavy atom. The predicted molar refractivity (Wildman–Crippen MR) is 88.6 cm³/mol. The Hall–Kier alpha value is -2.09. The second-order valence-electron chi connectivity index (χ2n) is 5.64. The van der Waals surface area contributed by atoms with Gasteiger partial charge in [0.05, 0.1) is 5.92 Å². The fraction of sp³-hybridized carbons (Fsp3) is 0.316. The summed E-state index contributed by atoms with van der Waals surface area (Å²) >= 11 is 0. The SMILES string of the molecule is CC[C@@H](C(=O)Nc1ccc(C(C)C)cc1)c1ccccc1. The molecule has 0 spiro atoms. The Labute approximate surface area is 127 Å². The van der Waals surface area contributed by atoms with Crippen molar-refractivity contribution in [2.75, 3.05) is 5.32 Å². The van der Waals surface area contributed by atoms with E-state index in [1.54, 1.807) is 0 Å².